The molecule has 0 radical (unpaired) electrons. The molecule has 3 unspecified atom stereocenters. The summed E-state index contributed by atoms with van der Waals surface area (Å²) in [5.41, 5.74) is -0.193. The number of hydrogen-bond acceptors (Lipinski definition) is 2. The summed E-state index contributed by atoms with van der Waals surface area (Å²) in [5.74, 6) is 3.71. The number of carbonyl (C=O) groups is 1. The Kier molecular flexibility index (Phi) is 2.16. The monoisotopic (exact) mass is 233 g/mol. The minimum absolute atomic E-state index is 0.123. The topological polar surface area (TPSA) is 42.2 Å². The van der Waals surface area contributed by atoms with E-state index < -0.39 is 0 Å². The highest BCUT2D eigenvalue weighted by atomic mass is 16.3. The fraction of sp³-hybridized carbons (Fsp3) is 0.643. The fourth-order valence-corrected chi connectivity index (χ4v) is 2.87. The molecular weight excluding hydrogens is 214 g/mol. The van der Waals surface area contributed by atoms with E-state index in [4.69, 9.17) is 4.42 Å². The van der Waals surface area contributed by atoms with Crippen LogP contribution in [0.15, 0.2) is 16.5 Å². The second kappa shape index (κ2) is 3.37. The Morgan fingerprint density at radius 2 is 2.00 bits per heavy atom. The quantitative estimate of drug-likeness (QED) is 0.853. The maximum absolute atomic E-state index is 11.5. The highest BCUT2D eigenvalue weighted by molar-refractivity contribution is 5.81. The molecule has 2 fully saturated rings. The smallest absolute Gasteiger partial charge is 0.221 e. The van der Waals surface area contributed by atoms with Crippen molar-refractivity contribution in [2.45, 2.75) is 51.0 Å². The average Bonchev–Trinajstić information content (AvgIpc) is 2.70. The summed E-state index contributed by atoms with van der Waals surface area (Å²) in [4.78, 5) is 11.5. The molecule has 1 aliphatic carbocycles. The van der Waals surface area contributed by atoms with Gasteiger partial charge >= 0.3 is 0 Å². The lowest BCUT2D eigenvalue weighted by atomic mass is 9.87. The summed E-state index contributed by atoms with van der Waals surface area (Å²) in [6.07, 6.45) is 1.78. The molecule has 1 aromatic rings. The van der Waals surface area contributed by atoms with Gasteiger partial charge < -0.3 is 9.73 Å². The zero-order valence-electron chi connectivity index (χ0n) is 10.6. The molecule has 1 N–H and O–H groups in total. The molecule has 0 aromatic carbocycles. The number of amides is 1. The number of hydrogen-bond donors (Lipinski definition) is 1. The molecule has 3 nitrogen and oxygen atoms in total. The molecule has 1 saturated heterocycles. The number of rotatable bonds is 2. The molecule has 92 valence electrons. The summed E-state index contributed by atoms with van der Waals surface area (Å²) >= 11 is 0. The van der Waals surface area contributed by atoms with E-state index in [1.54, 1.807) is 0 Å². The molecule has 3 rings (SSSR count). The second-order valence-electron chi connectivity index (χ2n) is 6.09. The first-order chi connectivity index (χ1) is 7.97. The average molecular weight is 233 g/mol. The lowest BCUT2D eigenvalue weighted by Gasteiger charge is -2.24. The molecule has 0 bridgehead atoms. The maximum atomic E-state index is 11.5. The fourth-order valence-electron chi connectivity index (χ4n) is 2.87. The summed E-state index contributed by atoms with van der Waals surface area (Å²) < 4.78 is 5.95. The highest BCUT2D eigenvalue weighted by Gasteiger charge is 2.43. The predicted molar refractivity (Wildman–Crippen MR) is 64.8 cm³/mol. The minimum Gasteiger partial charge on any atom is -0.465 e. The molecule has 3 heteroatoms. The van der Waals surface area contributed by atoms with Crippen molar-refractivity contribution in [1.82, 2.24) is 5.32 Å². The molecular formula is C14H19NO2. The Labute approximate surface area is 102 Å². The molecule has 3 atom stereocenters. The van der Waals surface area contributed by atoms with Crippen LogP contribution in [0.2, 0.25) is 0 Å². The van der Waals surface area contributed by atoms with Crippen LogP contribution in [0.1, 0.15) is 57.0 Å². The van der Waals surface area contributed by atoms with Gasteiger partial charge in [-0.2, -0.15) is 0 Å². The van der Waals surface area contributed by atoms with Gasteiger partial charge in [-0.15, -0.1) is 0 Å². The van der Waals surface area contributed by atoms with Crippen LogP contribution >= 0.6 is 0 Å². The first-order valence-corrected chi connectivity index (χ1v) is 6.38. The Morgan fingerprint density at radius 1 is 1.35 bits per heavy atom. The van der Waals surface area contributed by atoms with E-state index >= 15 is 0 Å². The molecule has 1 saturated carbocycles. The van der Waals surface area contributed by atoms with E-state index in [1.807, 2.05) is 6.07 Å². The van der Waals surface area contributed by atoms with Gasteiger partial charge in [0.2, 0.25) is 5.91 Å². The van der Waals surface area contributed by atoms with E-state index in [-0.39, 0.29) is 17.4 Å². The van der Waals surface area contributed by atoms with Crippen molar-refractivity contribution < 1.29 is 9.21 Å². The van der Waals surface area contributed by atoms with E-state index in [0.717, 1.165) is 17.4 Å². The van der Waals surface area contributed by atoms with Crippen molar-refractivity contribution in [2.24, 2.45) is 5.92 Å². The first kappa shape index (κ1) is 10.9. The van der Waals surface area contributed by atoms with Crippen molar-refractivity contribution in [3.63, 3.8) is 0 Å². The highest BCUT2D eigenvalue weighted by Crippen LogP contribution is 2.48. The van der Waals surface area contributed by atoms with Crippen LogP contribution in [0.25, 0.3) is 0 Å². The number of nitrogens with one attached hydrogen (secondary N) is 1. The Hall–Kier alpha value is -1.25. The zero-order valence-corrected chi connectivity index (χ0v) is 10.6. The van der Waals surface area contributed by atoms with Crippen LogP contribution in [0.5, 0.6) is 0 Å². The van der Waals surface area contributed by atoms with Gasteiger partial charge in [0.05, 0.1) is 0 Å². The first-order valence-electron chi connectivity index (χ1n) is 6.38. The summed E-state index contributed by atoms with van der Waals surface area (Å²) in [6, 6.07) is 4.13. The van der Waals surface area contributed by atoms with Crippen LogP contribution in [0, 0.1) is 5.92 Å². The van der Waals surface area contributed by atoms with Crippen molar-refractivity contribution in [3.05, 3.63) is 23.7 Å². The summed E-state index contributed by atoms with van der Waals surface area (Å²) in [5, 5.41) is 3.01. The summed E-state index contributed by atoms with van der Waals surface area (Å²) in [7, 11) is 0. The van der Waals surface area contributed by atoms with E-state index in [0.29, 0.717) is 12.3 Å². The summed E-state index contributed by atoms with van der Waals surface area (Å²) in [6.45, 7) is 6.37. The maximum Gasteiger partial charge on any atom is 0.221 e. The predicted octanol–water partition coefficient (Wildman–Crippen LogP) is 2.79. The Morgan fingerprint density at radius 3 is 2.53 bits per heavy atom. The SMILES string of the molecule is CC1CC1c1ccc(C2CC(=O)NC2(C)C)o1. The zero-order chi connectivity index (χ0) is 12.2. The van der Waals surface area contributed by atoms with Crippen molar-refractivity contribution in [3.8, 4) is 0 Å². The molecule has 2 aliphatic rings. The van der Waals surface area contributed by atoms with E-state index in [9.17, 15) is 4.79 Å². The third-order valence-corrected chi connectivity index (χ3v) is 4.19. The number of carbonyl (C=O) groups excluding carboxylic acids is 1. The molecule has 2 heterocycles. The lowest BCUT2D eigenvalue weighted by Crippen LogP contribution is -2.38. The van der Waals surface area contributed by atoms with Gasteiger partial charge in [-0.25, -0.2) is 0 Å². The van der Waals surface area contributed by atoms with Crippen LogP contribution < -0.4 is 5.32 Å². The van der Waals surface area contributed by atoms with Crippen molar-refractivity contribution in [2.75, 3.05) is 0 Å². The van der Waals surface area contributed by atoms with E-state index in [1.165, 1.54) is 6.42 Å². The minimum atomic E-state index is -0.193. The van der Waals surface area contributed by atoms with Crippen LogP contribution in [-0.2, 0) is 4.79 Å². The molecule has 1 aromatic heterocycles. The second-order valence-corrected chi connectivity index (χ2v) is 6.09. The van der Waals surface area contributed by atoms with Crippen LogP contribution in [0.3, 0.4) is 0 Å². The Bertz CT molecular complexity index is 461. The Balaban J connectivity index is 1.84. The normalized spacial score (nSPS) is 34.8. The molecule has 1 amide bonds. The van der Waals surface area contributed by atoms with Gasteiger partial charge in [0.25, 0.3) is 0 Å². The van der Waals surface area contributed by atoms with Gasteiger partial charge in [0.15, 0.2) is 0 Å². The van der Waals surface area contributed by atoms with Gasteiger partial charge in [-0.3, -0.25) is 4.79 Å². The van der Waals surface area contributed by atoms with Gasteiger partial charge in [-0.05, 0) is 38.3 Å². The van der Waals surface area contributed by atoms with Gasteiger partial charge in [-0.1, -0.05) is 6.92 Å². The van der Waals surface area contributed by atoms with E-state index in [2.05, 4.69) is 32.2 Å². The van der Waals surface area contributed by atoms with Crippen molar-refractivity contribution in [1.29, 1.82) is 0 Å². The molecule has 17 heavy (non-hydrogen) atoms. The third kappa shape index (κ3) is 1.78. The lowest BCUT2D eigenvalue weighted by molar-refractivity contribution is -0.119. The van der Waals surface area contributed by atoms with Crippen molar-refractivity contribution >= 4 is 5.91 Å². The largest absolute Gasteiger partial charge is 0.465 e. The standard InChI is InChI=1S/C14H19NO2/c1-8-6-9(8)11-4-5-12(17-11)10-7-13(16)15-14(10,2)3/h4-5,8-10H,6-7H2,1-3H3,(H,15,16). The van der Waals surface area contributed by atoms with Gasteiger partial charge in [0, 0.05) is 23.8 Å². The van der Waals surface area contributed by atoms with Gasteiger partial charge in [0.1, 0.15) is 11.5 Å². The molecule has 1 aliphatic heterocycles. The number of furan rings is 1. The molecule has 0 spiro atoms. The van der Waals surface area contributed by atoms with Crippen LogP contribution in [-0.4, -0.2) is 11.4 Å². The third-order valence-electron chi connectivity index (χ3n) is 4.19. The van der Waals surface area contributed by atoms with Crippen LogP contribution in [0.4, 0.5) is 0 Å².